The van der Waals surface area contributed by atoms with Crippen molar-refractivity contribution in [1.29, 1.82) is 0 Å². The molecule has 0 saturated heterocycles. The zero-order valence-corrected chi connectivity index (χ0v) is 12.4. The normalized spacial score (nSPS) is 24.5. The summed E-state index contributed by atoms with van der Waals surface area (Å²) in [6, 6.07) is 1.90. The predicted octanol–water partition coefficient (Wildman–Crippen LogP) is 4.94. The van der Waals surface area contributed by atoms with Gasteiger partial charge in [0.1, 0.15) is 11.0 Å². The van der Waals surface area contributed by atoms with Crippen molar-refractivity contribution in [2.75, 3.05) is 0 Å². The summed E-state index contributed by atoms with van der Waals surface area (Å²) in [5, 5.41) is 0.599. The summed E-state index contributed by atoms with van der Waals surface area (Å²) in [4.78, 5) is 9.19. The first-order chi connectivity index (χ1) is 8.60. The van der Waals surface area contributed by atoms with E-state index >= 15 is 0 Å². The minimum absolute atomic E-state index is 0.412. The van der Waals surface area contributed by atoms with Gasteiger partial charge >= 0.3 is 0 Å². The third-order valence-corrected chi connectivity index (χ3v) is 4.24. The molecule has 2 atom stereocenters. The molecule has 2 unspecified atom stereocenters. The van der Waals surface area contributed by atoms with E-state index in [-0.39, 0.29) is 0 Å². The molecule has 1 fully saturated rings. The zero-order chi connectivity index (χ0) is 13.1. The predicted molar refractivity (Wildman–Crippen MR) is 76.1 cm³/mol. The maximum atomic E-state index is 6.13. The Morgan fingerprint density at radius 2 is 2.11 bits per heavy atom. The van der Waals surface area contributed by atoms with E-state index in [0.29, 0.717) is 17.0 Å². The molecule has 1 aliphatic rings. The van der Waals surface area contributed by atoms with Gasteiger partial charge in [-0.3, -0.25) is 0 Å². The van der Waals surface area contributed by atoms with Crippen LogP contribution in [0.15, 0.2) is 6.07 Å². The van der Waals surface area contributed by atoms with Gasteiger partial charge in [-0.05, 0) is 30.7 Å². The van der Waals surface area contributed by atoms with E-state index in [4.69, 9.17) is 16.6 Å². The van der Waals surface area contributed by atoms with E-state index in [1.807, 2.05) is 6.07 Å². The lowest BCUT2D eigenvalue weighted by atomic mass is 9.80. The molecule has 1 saturated carbocycles. The van der Waals surface area contributed by atoms with Crippen LogP contribution in [0.1, 0.15) is 76.2 Å². The summed E-state index contributed by atoms with van der Waals surface area (Å²) in [5.41, 5.74) is 1.07. The lowest BCUT2D eigenvalue weighted by Gasteiger charge is -2.27. The Balaban J connectivity index is 2.21. The Bertz CT molecular complexity index is 403. The van der Waals surface area contributed by atoms with Crippen molar-refractivity contribution < 1.29 is 0 Å². The van der Waals surface area contributed by atoms with Gasteiger partial charge in [0.05, 0.1) is 0 Å². The first-order valence-electron chi connectivity index (χ1n) is 7.14. The van der Waals surface area contributed by atoms with Crippen LogP contribution < -0.4 is 0 Å². The number of halogens is 1. The number of rotatable bonds is 3. The Hall–Kier alpha value is -0.630. The second-order valence-electron chi connectivity index (χ2n) is 5.77. The highest BCUT2D eigenvalue weighted by molar-refractivity contribution is 6.29. The first kappa shape index (κ1) is 13.8. The van der Waals surface area contributed by atoms with E-state index in [0.717, 1.165) is 17.4 Å². The lowest BCUT2D eigenvalue weighted by molar-refractivity contribution is 0.306. The Morgan fingerprint density at radius 1 is 1.33 bits per heavy atom. The quantitative estimate of drug-likeness (QED) is 0.725. The average molecular weight is 267 g/mol. The van der Waals surface area contributed by atoms with E-state index in [2.05, 4.69) is 25.8 Å². The van der Waals surface area contributed by atoms with E-state index in [1.165, 1.54) is 32.1 Å². The minimum atomic E-state index is 0.412. The number of aromatic nitrogens is 2. The van der Waals surface area contributed by atoms with Gasteiger partial charge in [0.2, 0.25) is 0 Å². The van der Waals surface area contributed by atoms with Crippen molar-refractivity contribution in [1.82, 2.24) is 9.97 Å². The van der Waals surface area contributed by atoms with E-state index < -0.39 is 0 Å². The molecule has 0 spiro atoms. The summed E-state index contributed by atoms with van der Waals surface area (Å²) in [6.45, 7) is 6.59. The molecule has 0 aliphatic heterocycles. The van der Waals surface area contributed by atoms with Crippen molar-refractivity contribution in [3.05, 3.63) is 22.7 Å². The number of hydrogen-bond acceptors (Lipinski definition) is 2. The van der Waals surface area contributed by atoms with E-state index in [1.54, 1.807) is 0 Å². The van der Waals surface area contributed by atoms with Crippen LogP contribution in [0.4, 0.5) is 0 Å². The molecule has 3 heteroatoms. The topological polar surface area (TPSA) is 25.8 Å². The van der Waals surface area contributed by atoms with Gasteiger partial charge in [-0.15, -0.1) is 0 Å². The zero-order valence-electron chi connectivity index (χ0n) is 11.6. The summed E-state index contributed by atoms with van der Waals surface area (Å²) in [6.07, 6.45) is 6.39. The van der Waals surface area contributed by atoms with Crippen molar-refractivity contribution >= 4 is 11.6 Å². The third-order valence-electron chi connectivity index (χ3n) is 4.05. The van der Waals surface area contributed by atoms with Gasteiger partial charge in [-0.25, -0.2) is 9.97 Å². The van der Waals surface area contributed by atoms with Crippen LogP contribution in [-0.4, -0.2) is 9.97 Å². The molecule has 2 rings (SSSR count). The van der Waals surface area contributed by atoms with Gasteiger partial charge in [0.25, 0.3) is 0 Å². The fraction of sp³-hybridized carbons (Fsp3) is 0.733. The van der Waals surface area contributed by atoms with Crippen LogP contribution in [0.5, 0.6) is 0 Å². The number of hydrogen-bond donors (Lipinski definition) is 0. The van der Waals surface area contributed by atoms with Crippen LogP contribution >= 0.6 is 11.6 Å². The van der Waals surface area contributed by atoms with Crippen LogP contribution in [0.2, 0.25) is 5.15 Å². The molecule has 0 bridgehead atoms. The molecular formula is C15H23ClN2. The van der Waals surface area contributed by atoms with Gasteiger partial charge in [0, 0.05) is 11.6 Å². The molecule has 1 aromatic rings. The molecular weight excluding hydrogens is 244 g/mol. The van der Waals surface area contributed by atoms with Gasteiger partial charge in [-0.2, -0.15) is 0 Å². The second-order valence-corrected chi connectivity index (χ2v) is 6.15. The van der Waals surface area contributed by atoms with Gasteiger partial charge in [-0.1, -0.05) is 51.6 Å². The molecule has 0 radical (unpaired) electrons. The number of nitrogens with zero attached hydrogens (tertiary/aromatic N) is 2. The molecule has 1 aliphatic carbocycles. The third kappa shape index (κ3) is 3.23. The van der Waals surface area contributed by atoms with Crippen LogP contribution in [-0.2, 0) is 0 Å². The summed E-state index contributed by atoms with van der Waals surface area (Å²) < 4.78 is 0. The molecule has 0 aromatic carbocycles. The van der Waals surface area contributed by atoms with Crippen molar-refractivity contribution in [3.8, 4) is 0 Å². The Morgan fingerprint density at radius 3 is 2.78 bits per heavy atom. The molecule has 0 amide bonds. The molecule has 100 valence electrons. The molecule has 18 heavy (non-hydrogen) atoms. The SMILES string of the molecule is CCC1CCCC(c2nc(Cl)cc(C(C)C)n2)C1. The van der Waals surface area contributed by atoms with Crippen LogP contribution in [0.3, 0.4) is 0 Å². The van der Waals surface area contributed by atoms with Gasteiger partial charge < -0.3 is 0 Å². The lowest BCUT2D eigenvalue weighted by Crippen LogP contribution is -2.16. The Kier molecular flexibility index (Phi) is 4.60. The summed E-state index contributed by atoms with van der Waals surface area (Å²) in [5.74, 6) is 2.74. The average Bonchev–Trinajstić information content (AvgIpc) is 2.38. The summed E-state index contributed by atoms with van der Waals surface area (Å²) >= 11 is 6.13. The fourth-order valence-corrected chi connectivity index (χ4v) is 3.03. The van der Waals surface area contributed by atoms with Crippen molar-refractivity contribution in [3.63, 3.8) is 0 Å². The highest BCUT2D eigenvalue weighted by Crippen LogP contribution is 2.36. The molecule has 1 heterocycles. The molecule has 2 nitrogen and oxygen atoms in total. The molecule has 0 N–H and O–H groups in total. The van der Waals surface area contributed by atoms with Crippen LogP contribution in [0.25, 0.3) is 0 Å². The standard InChI is InChI=1S/C15H23ClN2/c1-4-11-6-5-7-12(8-11)15-17-13(10(2)3)9-14(16)18-15/h9-12H,4-8H2,1-3H3. The maximum absolute atomic E-state index is 6.13. The van der Waals surface area contributed by atoms with Crippen molar-refractivity contribution in [2.45, 2.75) is 64.7 Å². The highest BCUT2D eigenvalue weighted by Gasteiger charge is 2.24. The fourth-order valence-electron chi connectivity index (χ4n) is 2.83. The smallest absolute Gasteiger partial charge is 0.133 e. The van der Waals surface area contributed by atoms with Crippen molar-refractivity contribution in [2.24, 2.45) is 5.92 Å². The molecule has 1 aromatic heterocycles. The monoisotopic (exact) mass is 266 g/mol. The van der Waals surface area contributed by atoms with Crippen LogP contribution in [0, 0.1) is 5.92 Å². The maximum Gasteiger partial charge on any atom is 0.133 e. The first-order valence-corrected chi connectivity index (χ1v) is 7.52. The largest absolute Gasteiger partial charge is 0.237 e. The second kappa shape index (κ2) is 6.01. The minimum Gasteiger partial charge on any atom is -0.237 e. The summed E-state index contributed by atoms with van der Waals surface area (Å²) in [7, 11) is 0. The van der Waals surface area contributed by atoms with E-state index in [9.17, 15) is 0 Å². The Labute approximate surface area is 115 Å². The highest BCUT2D eigenvalue weighted by atomic mass is 35.5. The van der Waals surface area contributed by atoms with Gasteiger partial charge in [0.15, 0.2) is 0 Å².